The number of ether oxygens (including phenoxy) is 2. The first-order valence-electron chi connectivity index (χ1n) is 5.99. The van der Waals surface area contributed by atoms with E-state index in [0.29, 0.717) is 4.47 Å². The highest BCUT2D eigenvalue weighted by Crippen LogP contribution is 2.26. The lowest BCUT2D eigenvalue weighted by Gasteiger charge is -2.19. The monoisotopic (exact) mass is 363 g/mol. The number of benzene rings is 1. The van der Waals surface area contributed by atoms with Crippen molar-refractivity contribution in [1.82, 2.24) is 5.32 Å². The number of hydrogen-bond donors (Lipinski definition) is 2. The van der Waals surface area contributed by atoms with Crippen LogP contribution in [0.2, 0.25) is 0 Å². The molecule has 0 aliphatic heterocycles. The smallest absolute Gasteiger partial charge is 0.328 e. The molecule has 1 rings (SSSR count). The van der Waals surface area contributed by atoms with Gasteiger partial charge in [0.1, 0.15) is 11.6 Å². The topological polar surface area (TPSA) is 84.9 Å². The third-order valence-corrected chi connectivity index (χ3v) is 3.13. The van der Waals surface area contributed by atoms with Gasteiger partial charge in [0.2, 0.25) is 0 Å². The van der Waals surface area contributed by atoms with Crippen LogP contribution in [0.15, 0.2) is 22.7 Å². The number of rotatable bonds is 7. The van der Waals surface area contributed by atoms with E-state index in [1.165, 1.54) is 32.2 Å². The highest BCUT2D eigenvalue weighted by Gasteiger charge is 2.24. The molecule has 0 aromatic heterocycles. The van der Waals surface area contributed by atoms with Crippen molar-refractivity contribution >= 4 is 27.8 Å². The number of carbonyl (C=O) groups is 2. The summed E-state index contributed by atoms with van der Waals surface area (Å²) in [6.45, 7) is 1.30. The van der Waals surface area contributed by atoms with Crippen molar-refractivity contribution in [2.45, 2.75) is 19.1 Å². The van der Waals surface area contributed by atoms with E-state index in [-0.39, 0.29) is 12.4 Å². The van der Waals surface area contributed by atoms with Crippen LogP contribution in [0.4, 0.5) is 4.39 Å². The Hall–Kier alpha value is -1.67. The SMILES string of the molecule is COCC(NC(=O)C(C)Oc1ccc(F)cc1Br)C(=O)O. The molecule has 0 saturated heterocycles. The third kappa shape index (κ3) is 5.31. The van der Waals surface area contributed by atoms with Gasteiger partial charge in [-0.05, 0) is 41.1 Å². The van der Waals surface area contributed by atoms with Crippen LogP contribution in [0, 0.1) is 5.82 Å². The maximum atomic E-state index is 12.9. The summed E-state index contributed by atoms with van der Waals surface area (Å²) in [5.74, 6) is -1.99. The molecule has 116 valence electrons. The van der Waals surface area contributed by atoms with Crippen molar-refractivity contribution in [2.24, 2.45) is 0 Å². The van der Waals surface area contributed by atoms with Crippen molar-refractivity contribution < 1.29 is 28.6 Å². The van der Waals surface area contributed by atoms with Crippen molar-refractivity contribution in [3.8, 4) is 5.75 Å². The second kappa shape index (κ2) is 7.94. The van der Waals surface area contributed by atoms with Crippen molar-refractivity contribution in [3.63, 3.8) is 0 Å². The van der Waals surface area contributed by atoms with Gasteiger partial charge >= 0.3 is 5.97 Å². The molecule has 0 aliphatic carbocycles. The number of aliphatic carboxylic acids is 1. The molecule has 0 saturated carbocycles. The second-order valence-electron chi connectivity index (χ2n) is 4.19. The molecular weight excluding hydrogens is 349 g/mol. The minimum absolute atomic E-state index is 0.159. The van der Waals surface area contributed by atoms with Crippen LogP contribution >= 0.6 is 15.9 Å². The maximum Gasteiger partial charge on any atom is 0.328 e. The molecule has 8 heteroatoms. The number of halogens is 2. The summed E-state index contributed by atoms with van der Waals surface area (Å²) in [4.78, 5) is 22.8. The first kappa shape index (κ1) is 17.4. The number of amides is 1. The first-order valence-corrected chi connectivity index (χ1v) is 6.78. The van der Waals surface area contributed by atoms with Crippen LogP contribution in [-0.4, -0.2) is 42.8 Å². The van der Waals surface area contributed by atoms with Crippen molar-refractivity contribution in [3.05, 3.63) is 28.5 Å². The number of hydrogen-bond acceptors (Lipinski definition) is 4. The van der Waals surface area contributed by atoms with Gasteiger partial charge in [-0.15, -0.1) is 0 Å². The first-order chi connectivity index (χ1) is 9.85. The number of carboxylic acids is 1. The summed E-state index contributed by atoms with van der Waals surface area (Å²) in [5, 5.41) is 11.2. The highest BCUT2D eigenvalue weighted by molar-refractivity contribution is 9.10. The minimum atomic E-state index is -1.21. The summed E-state index contributed by atoms with van der Waals surface area (Å²) >= 11 is 3.11. The molecule has 0 fully saturated rings. The van der Waals surface area contributed by atoms with Crippen LogP contribution in [0.3, 0.4) is 0 Å². The summed E-state index contributed by atoms with van der Waals surface area (Å²) in [6, 6.07) is 2.60. The Morgan fingerprint density at radius 1 is 1.48 bits per heavy atom. The molecule has 0 heterocycles. The Labute approximate surface area is 129 Å². The lowest BCUT2D eigenvalue weighted by Crippen LogP contribution is -2.48. The van der Waals surface area contributed by atoms with Gasteiger partial charge in [-0.2, -0.15) is 0 Å². The number of nitrogens with one attached hydrogen (secondary N) is 1. The molecule has 2 N–H and O–H groups in total. The molecule has 0 aliphatic rings. The molecule has 1 aromatic rings. The molecule has 2 atom stereocenters. The van der Waals surface area contributed by atoms with Gasteiger partial charge in [-0.3, -0.25) is 4.79 Å². The minimum Gasteiger partial charge on any atom is -0.480 e. The quantitative estimate of drug-likeness (QED) is 0.767. The lowest BCUT2D eigenvalue weighted by atomic mass is 10.2. The van der Waals surface area contributed by atoms with Crippen LogP contribution < -0.4 is 10.1 Å². The highest BCUT2D eigenvalue weighted by atomic mass is 79.9. The zero-order valence-corrected chi connectivity index (χ0v) is 13.0. The van der Waals surface area contributed by atoms with Gasteiger partial charge in [-0.25, -0.2) is 9.18 Å². The average molecular weight is 364 g/mol. The maximum absolute atomic E-state index is 12.9. The van der Waals surface area contributed by atoms with E-state index in [1.54, 1.807) is 0 Å². The predicted molar refractivity (Wildman–Crippen MR) is 75.6 cm³/mol. The van der Waals surface area contributed by atoms with Crippen LogP contribution in [-0.2, 0) is 14.3 Å². The standard InChI is InChI=1S/C13H15BrFNO5/c1-7(12(17)16-10(6-20-2)13(18)19)21-11-4-3-8(15)5-9(11)14/h3-5,7,10H,6H2,1-2H3,(H,16,17)(H,18,19). The van der Waals surface area contributed by atoms with E-state index in [2.05, 4.69) is 21.2 Å². The summed E-state index contributed by atoms with van der Waals surface area (Å²) < 4.78 is 23.4. The van der Waals surface area contributed by atoms with E-state index in [0.717, 1.165) is 0 Å². The molecular formula is C13H15BrFNO5. The largest absolute Gasteiger partial charge is 0.480 e. The van der Waals surface area contributed by atoms with Gasteiger partial charge in [0, 0.05) is 7.11 Å². The van der Waals surface area contributed by atoms with E-state index < -0.39 is 29.8 Å². The van der Waals surface area contributed by atoms with Crippen LogP contribution in [0.25, 0.3) is 0 Å². The number of carbonyl (C=O) groups excluding carboxylic acids is 1. The van der Waals surface area contributed by atoms with Gasteiger partial charge in [0.25, 0.3) is 5.91 Å². The number of carboxylic acid groups (broad SMARTS) is 1. The predicted octanol–water partition coefficient (Wildman–Crippen LogP) is 1.57. The van der Waals surface area contributed by atoms with Gasteiger partial charge < -0.3 is 19.9 Å². The second-order valence-corrected chi connectivity index (χ2v) is 5.04. The zero-order chi connectivity index (χ0) is 16.0. The Morgan fingerprint density at radius 2 is 2.14 bits per heavy atom. The van der Waals surface area contributed by atoms with Crippen LogP contribution in [0.1, 0.15) is 6.92 Å². The molecule has 21 heavy (non-hydrogen) atoms. The third-order valence-electron chi connectivity index (χ3n) is 2.51. The zero-order valence-electron chi connectivity index (χ0n) is 11.4. The van der Waals surface area contributed by atoms with Gasteiger partial charge in [0.15, 0.2) is 12.1 Å². The Kier molecular flexibility index (Phi) is 6.57. The van der Waals surface area contributed by atoms with Crippen molar-refractivity contribution in [1.29, 1.82) is 0 Å². The normalized spacial score (nSPS) is 13.3. The van der Waals surface area contributed by atoms with E-state index >= 15 is 0 Å². The Morgan fingerprint density at radius 3 is 2.67 bits per heavy atom. The van der Waals surface area contributed by atoms with Crippen molar-refractivity contribution in [2.75, 3.05) is 13.7 Å². The molecule has 6 nitrogen and oxygen atoms in total. The molecule has 0 radical (unpaired) electrons. The lowest BCUT2D eigenvalue weighted by molar-refractivity contribution is -0.144. The molecule has 0 bridgehead atoms. The summed E-state index contributed by atoms with van der Waals surface area (Å²) in [6.07, 6.45) is -0.953. The number of methoxy groups -OCH3 is 1. The molecule has 2 unspecified atom stereocenters. The Balaban J connectivity index is 2.67. The fourth-order valence-electron chi connectivity index (χ4n) is 1.45. The summed E-state index contributed by atoms with van der Waals surface area (Å²) in [5.41, 5.74) is 0. The fourth-order valence-corrected chi connectivity index (χ4v) is 1.89. The van der Waals surface area contributed by atoms with Gasteiger partial charge in [0.05, 0.1) is 11.1 Å². The van der Waals surface area contributed by atoms with E-state index in [9.17, 15) is 14.0 Å². The molecule has 0 spiro atoms. The molecule has 1 aromatic carbocycles. The van der Waals surface area contributed by atoms with E-state index in [4.69, 9.17) is 14.6 Å². The van der Waals surface area contributed by atoms with Gasteiger partial charge in [-0.1, -0.05) is 0 Å². The van der Waals surface area contributed by atoms with Crippen LogP contribution in [0.5, 0.6) is 5.75 Å². The fraction of sp³-hybridized carbons (Fsp3) is 0.385. The summed E-state index contributed by atoms with van der Waals surface area (Å²) in [7, 11) is 1.33. The average Bonchev–Trinajstić information content (AvgIpc) is 2.41. The molecule has 1 amide bonds. The van der Waals surface area contributed by atoms with E-state index in [1.807, 2.05) is 0 Å². The Bertz CT molecular complexity index is 525.